The zero-order valence-corrected chi connectivity index (χ0v) is 10.7. The lowest BCUT2D eigenvalue weighted by atomic mass is 9.92. The van der Waals surface area contributed by atoms with E-state index in [4.69, 9.17) is 10.8 Å². The van der Waals surface area contributed by atoms with E-state index in [2.05, 4.69) is 16.7 Å². The number of carboxylic acid groups (broad SMARTS) is 1. The van der Waals surface area contributed by atoms with Crippen LogP contribution in [0.25, 0.3) is 0 Å². The van der Waals surface area contributed by atoms with Gasteiger partial charge in [0, 0.05) is 0 Å². The molecule has 0 aromatic heterocycles. The van der Waals surface area contributed by atoms with E-state index in [0.29, 0.717) is 6.42 Å². The molecule has 1 amide bonds. The molecular weight excluding hydrogens is 238 g/mol. The monoisotopic (exact) mass is 259 g/mol. The van der Waals surface area contributed by atoms with Gasteiger partial charge >= 0.3 is 11.8 Å². The molecule has 0 aromatic rings. The summed E-state index contributed by atoms with van der Waals surface area (Å²) in [5, 5.41) is 8.94. The SMILES string of the molecule is CCCCCCCCC(C(N)=O)C1(C(=O)O)OO1. The highest BCUT2D eigenvalue weighted by molar-refractivity contribution is 5.88. The Bertz CT molecular complexity index is 301. The summed E-state index contributed by atoms with van der Waals surface area (Å²) < 4.78 is 0. The number of hydrogen-bond acceptors (Lipinski definition) is 4. The van der Waals surface area contributed by atoms with Gasteiger partial charge in [-0.1, -0.05) is 45.4 Å². The van der Waals surface area contributed by atoms with Crippen molar-refractivity contribution in [1.29, 1.82) is 0 Å². The molecular formula is C12H21NO5. The molecule has 0 aromatic carbocycles. The second-order valence-electron chi connectivity index (χ2n) is 4.65. The third-order valence-electron chi connectivity index (χ3n) is 3.21. The molecule has 1 saturated heterocycles. The number of carbonyl (C=O) groups excluding carboxylic acids is 1. The fourth-order valence-electron chi connectivity index (χ4n) is 2.03. The number of rotatable bonds is 10. The minimum Gasteiger partial charge on any atom is -0.477 e. The molecule has 1 fully saturated rings. The Hall–Kier alpha value is -1.14. The molecule has 1 aliphatic heterocycles. The molecule has 0 spiro atoms. The third-order valence-corrected chi connectivity index (χ3v) is 3.21. The van der Waals surface area contributed by atoms with Crippen LogP contribution in [0.3, 0.4) is 0 Å². The summed E-state index contributed by atoms with van der Waals surface area (Å²) in [5.41, 5.74) is 5.20. The van der Waals surface area contributed by atoms with E-state index in [0.717, 1.165) is 25.7 Å². The third kappa shape index (κ3) is 3.68. The molecule has 0 saturated carbocycles. The van der Waals surface area contributed by atoms with E-state index in [-0.39, 0.29) is 0 Å². The van der Waals surface area contributed by atoms with Crippen molar-refractivity contribution in [3.05, 3.63) is 0 Å². The summed E-state index contributed by atoms with van der Waals surface area (Å²) >= 11 is 0. The van der Waals surface area contributed by atoms with Gasteiger partial charge < -0.3 is 10.8 Å². The molecule has 0 radical (unpaired) electrons. The van der Waals surface area contributed by atoms with Crippen LogP contribution in [0.1, 0.15) is 51.9 Å². The smallest absolute Gasteiger partial charge is 0.371 e. The van der Waals surface area contributed by atoms with Gasteiger partial charge in [-0.25, -0.2) is 4.79 Å². The molecule has 1 atom stereocenters. The van der Waals surface area contributed by atoms with Crippen LogP contribution in [0.15, 0.2) is 0 Å². The van der Waals surface area contributed by atoms with Crippen molar-refractivity contribution in [3.63, 3.8) is 0 Å². The van der Waals surface area contributed by atoms with Gasteiger partial charge in [-0.3, -0.25) is 4.79 Å². The van der Waals surface area contributed by atoms with Gasteiger partial charge in [0.25, 0.3) is 0 Å². The maximum atomic E-state index is 11.3. The van der Waals surface area contributed by atoms with E-state index in [9.17, 15) is 9.59 Å². The number of primary amides is 1. The van der Waals surface area contributed by atoms with Gasteiger partial charge in [0.15, 0.2) is 0 Å². The molecule has 1 aliphatic rings. The van der Waals surface area contributed by atoms with Crippen molar-refractivity contribution in [3.8, 4) is 0 Å². The summed E-state index contributed by atoms with van der Waals surface area (Å²) in [6.45, 7) is 2.14. The predicted octanol–water partition coefficient (Wildman–Crippen LogP) is 1.58. The molecule has 0 bridgehead atoms. The first-order valence-corrected chi connectivity index (χ1v) is 6.44. The zero-order valence-electron chi connectivity index (χ0n) is 10.7. The molecule has 0 aliphatic carbocycles. The highest BCUT2D eigenvalue weighted by atomic mass is 17.4. The molecule has 1 rings (SSSR count). The normalized spacial score (nSPS) is 18.3. The quantitative estimate of drug-likeness (QED) is 0.352. The van der Waals surface area contributed by atoms with Crippen LogP contribution in [0.4, 0.5) is 0 Å². The van der Waals surface area contributed by atoms with Crippen LogP contribution in [-0.4, -0.2) is 22.8 Å². The van der Waals surface area contributed by atoms with Crippen molar-refractivity contribution < 1.29 is 24.5 Å². The average Bonchev–Trinajstić information content (AvgIpc) is 3.09. The van der Waals surface area contributed by atoms with Gasteiger partial charge in [0.05, 0.1) is 0 Å². The van der Waals surface area contributed by atoms with Crippen molar-refractivity contribution in [2.75, 3.05) is 0 Å². The Balaban J connectivity index is 2.32. The summed E-state index contributed by atoms with van der Waals surface area (Å²) in [6.07, 6.45) is 6.71. The number of unbranched alkanes of at least 4 members (excludes halogenated alkanes) is 5. The summed E-state index contributed by atoms with van der Waals surface area (Å²) in [5.74, 6) is -4.73. The van der Waals surface area contributed by atoms with Gasteiger partial charge in [-0.15, -0.1) is 0 Å². The molecule has 1 heterocycles. The molecule has 6 nitrogen and oxygen atoms in total. The first-order valence-electron chi connectivity index (χ1n) is 6.44. The standard InChI is InChI=1S/C12H21NO5/c1-2-3-4-5-6-7-8-9(10(13)14)12(11(15)16)17-18-12/h9H,2-8H2,1H3,(H2,13,14)(H,15,16). The number of carbonyl (C=O) groups is 2. The number of carboxylic acids is 1. The largest absolute Gasteiger partial charge is 0.477 e. The van der Waals surface area contributed by atoms with Crippen molar-refractivity contribution in [1.82, 2.24) is 0 Å². The maximum absolute atomic E-state index is 11.3. The van der Waals surface area contributed by atoms with Gasteiger partial charge in [-0.05, 0) is 6.42 Å². The van der Waals surface area contributed by atoms with E-state index in [1.165, 1.54) is 12.8 Å². The minimum atomic E-state index is -1.82. The molecule has 1 unspecified atom stereocenters. The Labute approximate surface area is 106 Å². The Morgan fingerprint density at radius 1 is 1.17 bits per heavy atom. The van der Waals surface area contributed by atoms with Crippen LogP contribution in [-0.2, 0) is 19.4 Å². The van der Waals surface area contributed by atoms with Crippen LogP contribution in [0, 0.1) is 5.92 Å². The van der Waals surface area contributed by atoms with Gasteiger partial charge in [0.1, 0.15) is 5.92 Å². The highest BCUT2D eigenvalue weighted by Crippen LogP contribution is 2.40. The fraction of sp³-hybridized carbons (Fsp3) is 0.833. The maximum Gasteiger partial charge on any atom is 0.371 e. The number of hydrogen-bond donors (Lipinski definition) is 2. The summed E-state index contributed by atoms with van der Waals surface area (Å²) in [7, 11) is 0. The van der Waals surface area contributed by atoms with Crippen molar-refractivity contribution >= 4 is 11.9 Å². The minimum absolute atomic E-state index is 0.383. The van der Waals surface area contributed by atoms with Crippen LogP contribution < -0.4 is 5.73 Å². The van der Waals surface area contributed by atoms with Crippen LogP contribution >= 0.6 is 0 Å². The van der Waals surface area contributed by atoms with E-state index >= 15 is 0 Å². The summed E-state index contributed by atoms with van der Waals surface area (Å²) in [6, 6.07) is 0. The van der Waals surface area contributed by atoms with Crippen LogP contribution in [0.2, 0.25) is 0 Å². The number of nitrogens with two attached hydrogens (primary N) is 1. The van der Waals surface area contributed by atoms with Crippen LogP contribution in [0.5, 0.6) is 0 Å². The number of aliphatic carboxylic acids is 1. The zero-order chi connectivity index (χ0) is 13.6. The van der Waals surface area contributed by atoms with Crippen molar-refractivity contribution in [2.24, 2.45) is 11.7 Å². The topological polar surface area (TPSA) is 105 Å². The molecule has 3 N–H and O–H groups in total. The second-order valence-corrected chi connectivity index (χ2v) is 4.65. The Morgan fingerprint density at radius 2 is 1.72 bits per heavy atom. The lowest BCUT2D eigenvalue weighted by molar-refractivity contribution is -0.150. The van der Waals surface area contributed by atoms with E-state index < -0.39 is 23.6 Å². The molecule has 104 valence electrons. The predicted molar refractivity (Wildman–Crippen MR) is 63.2 cm³/mol. The van der Waals surface area contributed by atoms with Gasteiger partial charge in [0.2, 0.25) is 5.91 Å². The highest BCUT2D eigenvalue weighted by Gasteiger charge is 2.65. The Morgan fingerprint density at radius 3 is 2.17 bits per heavy atom. The number of amides is 1. The lowest BCUT2D eigenvalue weighted by Crippen LogP contribution is -2.41. The van der Waals surface area contributed by atoms with E-state index in [1.807, 2.05) is 0 Å². The van der Waals surface area contributed by atoms with Gasteiger partial charge in [-0.2, -0.15) is 9.78 Å². The summed E-state index contributed by atoms with van der Waals surface area (Å²) in [4.78, 5) is 31.2. The average molecular weight is 259 g/mol. The Kier molecular flexibility index (Phi) is 5.55. The molecule has 6 heteroatoms. The first-order chi connectivity index (χ1) is 8.54. The first kappa shape index (κ1) is 14.9. The van der Waals surface area contributed by atoms with Crippen molar-refractivity contribution in [2.45, 2.75) is 57.7 Å². The second kappa shape index (κ2) is 6.70. The van der Waals surface area contributed by atoms with E-state index in [1.54, 1.807) is 0 Å². The molecule has 18 heavy (non-hydrogen) atoms. The fourth-order valence-corrected chi connectivity index (χ4v) is 2.03. The lowest BCUT2D eigenvalue weighted by Gasteiger charge is -2.13.